The Morgan fingerprint density at radius 3 is 2.52 bits per heavy atom. The Morgan fingerprint density at radius 2 is 1.82 bits per heavy atom. The SMILES string of the molecule is Cn1c(=O)c2c(-c3cccc([N+](=O)[O-])c3)n3c(c2n(C)c1=O)[C@H](c1ccc(F)cc1)OCC3. The molecule has 1 atom stereocenters. The summed E-state index contributed by atoms with van der Waals surface area (Å²) in [6, 6.07) is 11.9. The van der Waals surface area contributed by atoms with Crippen LogP contribution < -0.4 is 11.2 Å². The van der Waals surface area contributed by atoms with E-state index < -0.39 is 28.1 Å². The van der Waals surface area contributed by atoms with E-state index in [9.17, 15) is 24.1 Å². The van der Waals surface area contributed by atoms with Crippen LogP contribution in [0.4, 0.5) is 10.1 Å². The van der Waals surface area contributed by atoms with E-state index in [1.807, 2.05) is 4.57 Å². The highest BCUT2D eigenvalue weighted by atomic mass is 19.1. The molecule has 33 heavy (non-hydrogen) atoms. The smallest absolute Gasteiger partial charge is 0.331 e. The molecule has 3 heterocycles. The maximum atomic E-state index is 13.6. The van der Waals surface area contributed by atoms with Crippen molar-refractivity contribution in [2.24, 2.45) is 14.1 Å². The van der Waals surface area contributed by atoms with Gasteiger partial charge in [-0.2, -0.15) is 0 Å². The molecule has 0 amide bonds. The summed E-state index contributed by atoms with van der Waals surface area (Å²) in [5.74, 6) is -0.395. The maximum Gasteiger partial charge on any atom is 0.331 e. The minimum atomic E-state index is -0.660. The first-order chi connectivity index (χ1) is 15.8. The molecule has 2 aromatic carbocycles. The van der Waals surface area contributed by atoms with Gasteiger partial charge in [-0.05, 0) is 17.7 Å². The summed E-state index contributed by atoms with van der Waals surface area (Å²) < 4.78 is 23.9. The zero-order chi connectivity index (χ0) is 23.4. The van der Waals surface area contributed by atoms with Crippen LogP contribution >= 0.6 is 0 Å². The molecule has 0 bridgehead atoms. The van der Waals surface area contributed by atoms with Gasteiger partial charge in [-0.15, -0.1) is 0 Å². The number of nitro benzene ring substituents is 1. The molecular weight excluding hydrogens is 431 g/mol. The second-order valence-electron chi connectivity index (χ2n) is 7.92. The molecule has 0 N–H and O–H groups in total. The third kappa shape index (κ3) is 3.10. The average molecular weight is 450 g/mol. The van der Waals surface area contributed by atoms with E-state index in [1.54, 1.807) is 31.3 Å². The number of nitro groups is 1. The molecular formula is C23H19FN4O5. The Hall–Kier alpha value is -4.05. The van der Waals surface area contributed by atoms with Gasteiger partial charge in [-0.25, -0.2) is 9.18 Å². The number of benzene rings is 2. The summed E-state index contributed by atoms with van der Waals surface area (Å²) in [7, 11) is 2.96. The number of aromatic nitrogens is 3. The predicted octanol–water partition coefficient (Wildman–Crippen LogP) is 2.87. The van der Waals surface area contributed by atoms with Crippen LogP contribution in [-0.4, -0.2) is 25.2 Å². The number of aryl methyl sites for hydroxylation is 1. The summed E-state index contributed by atoms with van der Waals surface area (Å²) >= 11 is 0. The van der Waals surface area contributed by atoms with Crippen molar-refractivity contribution in [3.8, 4) is 11.3 Å². The van der Waals surface area contributed by atoms with Crippen molar-refractivity contribution >= 4 is 16.6 Å². The number of nitrogens with zero attached hydrogens (tertiary/aromatic N) is 4. The number of rotatable bonds is 3. The highest BCUT2D eigenvalue weighted by Crippen LogP contribution is 2.41. The van der Waals surface area contributed by atoms with Crippen molar-refractivity contribution in [2.75, 3.05) is 6.61 Å². The molecule has 0 radical (unpaired) electrons. The lowest BCUT2D eigenvalue weighted by molar-refractivity contribution is -0.384. The molecule has 4 aromatic rings. The molecule has 5 rings (SSSR count). The minimum absolute atomic E-state index is 0.111. The van der Waals surface area contributed by atoms with Crippen LogP contribution in [0.15, 0.2) is 58.1 Å². The molecule has 0 aliphatic carbocycles. The first-order valence-corrected chi connectivity index (χ1v) is 10.2. The van der Waals surface area contributed by atoms with Gasteiger partial charge >= 0.3 is 5.69 Å². The van der Waals surface area contributed by atoms with E-state index in [2.05, 4.69) is 0 Å². The van der Waals surface area contributed by atoms with Gasteiger partial charge in [0, 0.05) is 38.3 Å². The monoisotopic (exact) mass is 450 g/mol. The molecule has 0 unspecified atom stereocenters. The lowest BCUT2D eigenvalue weighted by Crippen LogP contribution is -2.37. The number of hydrogen-bond donors (Lipinski definition) is 0. The van der Waals surface area contributed by atoms with Crippen molar-refractivity contribution in [3.63, 3.8) is 0 Å². The number of halogens is 1. The van der Waals surface area contributed by atoms with Gasteiger partial charge in [0.1, 0.15) is 11.9 Å². The number of hydrogen-bond acceptors (Lipinski definition) is 5. The van der Waals surface area contributed by atoms with Crippen LogP contribution in [0.5, 0.6) is 0 Å². The van der Waals surface area contributed by atoms with Crippen molar-refractivity contribution in [1.29, 1.82) is 0 Å². The fraction of sp³-hybridized carbons (Fsp3) is 0.217. The highest BCUT2D eigenvalue weighted by Gasteiger charge is 2.33. The second-order valence-corrected chi connectivity index (χ2v) is 7.92. The van der Waals surface area contributed by atoms with Crippen molar-refractivity contribution < 1.29 is 14.1 Å². The summed E-state index contributed by atoms with van der Waals surface area (Å²) in [6.45, 7) is 0.670. The zero-order valence-electron chi connectivity index (χ0n) is 17.8. The van der Waals surface area contributed by atoms with E-state index in [4.69, 9.17) is 4.74 Å². The van der Waals surface area contributed by atoms with Crippen molar-refractivity contribution in [1.82, 2.24) is 13.7 Å². The molecule has 1 aliphatic rings. The minimum Gasteiger partial charge on any atom is -0.365 e. The van der Waals surface area contributed by atoms with Gasteiger partial charge in [-0.1, -0.05) is 24.3 Å². The molecule has 1 aliphatic heterocycles. The molecule has 10 heteroatoms. The lowest BCUT2D eigenvalue weighted by atomic mass is 10.0. The third-order valence-corrected chi connectivity index (χ3v) is 6.06. The summed E-state index contributed by atoms with van der Waals surface area (Å²) in [5, 5.41) is 11.7. The van der Waals surface area contributed by atoms with Gasteiger partial charge in [-0.3, -0.25) is 24.0 Å². The van der Waals surface area contributed by atoms with Gasteiger partial charge in [0.15, 0.2) is 0 Å². The Labute approximate surface area is 186 Å². The predicted molar refractivity (Wildman–Crippen MR) is 119 cm³/mol. The third-order valence-electron chi connectivity index (χ3n) is 6.06. The normalized spacial score (nSPS) is 15.5. The summed E-state index contributed by atoms with van der Waals surface area (Å²) in [5.41, 5.74) is 1.46. The Bertz CT molecular complexity index is 1550. The van der Waals surface area contributed by atoms with Crippen LogP contribution in [-0.2, 0) is 25.4 Å². The Balaban J connectivity index is 1.93. The van der Waals surface area contributed by atoms with E-state index in [0.717, 1.165) is 4.57 Å². The van der Waals surface area contributed by atoms with E-state index in [-0.39, 0.29) is 11.1 Å². The molecule has 0 fully saturated rings. The Morgan fingerprint density at radius 1 is 1.09 bits per heavy atom. The Kier molecular flexibility index (Phi) is 4.75. The van der Waals surface area contributed by atoms with Crippen molar-refractivity contribution in [3.05, 3.63) is 96.6 Å². The van der Waals surface area contributed by atoms with Gasteiger partial charge < -0.3 is 9.30 Å². The highest BCUT2D eigenvalue weighted by molar-refractivity contribution is 5.96. The molecule has 0 spiro atoms. The van der Waals surface area contributed by atoms with Crippen LogP contribution in [0.3, 0.4) is 0 Å². The van der Waals surface area contributed by atoms with E-state index in [0.29, 0.717) is 41.2 Å². The number of fused-ring (bicyclic) bond motifs is 3. The first-order valence-electron chi connectivity index (χ1n) is 10.2. The van der Waals surface area contributed by atoms with Crippen LogP contribution in [0.1, 0.15) is 17.4 Å². The van der Waals surface area contributed by atoms with E-state index in [1.165, 1.54) is 35.9 Å². The van der Waals surface area contributed by atoms with E-state index >= 15 is 0 Å². The maximum absolute atomic E-state index is 13.6. The number of non-ortho nitro benzene ring substituents is 1. The molecule has 0 saturated carbocycles. The molecule has 168 valence electrons. The average Bonchev–Trinajstić information content (AvgIpc) is 3.17. The van der Waals surface area contributed by atoms with Crippen LogP contribution in [0.25, 0.3) is 22.2 Å². The standard InChI is InChI=1S/C23H19FN4O5/c1-25-19-17(22(29)26(2)23(25)30)18(14-4-3-5-16(12-14)28(31)32)27-10-11-33-21(20(19)27)13-6-8-15(24)9-7-13/h3-9,12,21H,10-11H2,1-2H3/t21-/m0/s1. The molecule has 9 nitrogen and oxygen atoms in total. The summed E-state index contributed by atoms with van der Waals surface area (Å²) in [4.78, 5) is 37.0. The van der Waals surface area contributed by atoms with Gasteiger partial charge in [0.2, 0.25) is 0 Å². The first kappa shape index (κ1) is 20.8. The van der Waals surface area contributed by atoms with Crippen LogP contribution in [0, 0.1) is 15.9 Å². The number of ether oxygens (including phenoxy) is 1. The second kappa shape index (κ2) is 7.52. The fourth-order valence-corrected chi connectivity index (χ4v) is 4.54. The van der Waals surface area contributed by atoms with Crippen molar-refractivity contribution in [2.45, 2.75) is 12.6 Å². The van der Waals surface area contributed by atoms with Gasteiger partial charge in [0.25, 0.3) is 11.2 Å². The van der Waals surface area contributed by atoms with Gasteiger partial charge in [0.05, 0.1) is 33.8 Å². The topological polar surface area (TPSA) is 101 Å². The lowest BCUT2D eigenvalue weighted by Gasteiger charge is -2.27. The summed E-state index contributed by atoms with van der Waals surface area (Å²) in [6.07, 6.45) is -0.660. The molecule has 2 aromatic heterocycles. The van der Waals surface area contributed by atoms with Crippen LogP contribution in [0.2, 0.25) is 0 Å². The fourth-order valence-electron chi connectivity index (χ4n) is 4.54. The zero-order valence-corrected chi connectivity index (χ0v) is 17.8. The quantitative estimate of drug-likeness (QED) is 0.353. The largest absolute Gasteiger partial charge is 0.365 e. The molecule has 0 saturated heterocycles.